The van der Waals surface area contributed by atoms with Crippen LogP contribution in [0.2, 0.25) is 0 Å². The standard InChI is InChI=1S/C13H24N2O3/c1-10(2)9-18-7-5-14-13(17)15-6-4-11(3)12(15)8-16/h11-12,16H,1,4-9H2,2-3H3,(H,14,17). The molecule has 0 aromatic rings. The van der Waals surface area contributed by atoms with Gasteiger partial charge in [-0.15, -0.1) is 0 Å². The average molecular weight is 256 g/mol. The molecule has 1 fully saturated rings. The summed E-state index contributed by atoms with van der Waals surface area (Å²) in [5, 5.41) is 12.1. The van der Waals surface area contributed by atoms with E-state index in [-0.39, 0.29) is 18.7 Å². The highest BCUT2D eigenvalue weighted by Crippen LogP contribution is 2.23. The Kier molecular flexibility index (Phi) is 6.15. The van der Waals surface area contributed by atoms with Crippen LogP contribution in [-0.2, 0) is 4.74 Å². The van der Waals surface area contributed by atoms with E-state index in [9.17, 15) is 9.90 Å². The molecule has 1 aliphatic heterocycles. The number of aliphatic hydroxyl groups excluding tert-OH is 1. The molecule has 2 amide bonds. The fourth-order valence-electron chi connectivity index (χ4n) is 2.12. The summed E-state index contributed by atoms with van der Waals surface area (Å²) < 4.78 is 5.30. The van der Waals surface area contributed by atoms with Crippen LogP contribution in [-0.4, -0.2) is 55.0 Å². The Labute approximate surface area is 109 Å². The van der Waals surface area contributed by atoms with Crippen molar-refractivity contribution in [2.24, 2.45) is 5.92 Å². The maximum absolute atomic E-state index is 11.9. The lowest BCUT2D eigenvalue weighted by Crippen LogP contribution is -2.46. The molecule has 2 atom stereocenters. The SMILES string of the molecule is C=C(C)COCCNC(=O)N1CCC(C)C1CO. The second kappa shape index (κ2) is 7.38. The predicted octanol–water partition coefficient (Wildman–Crippen LogP) is 0.991. The van der Waals surface area contributed by atoms with Gasteiger partial charge in [0.25, 0.3) is 0 Å². The maximum Gasteiger partial charge on any atom is 0.317 e. The van der Waals surface area contributed by atoms with Crippen LogP contribution in [0.1, 0.15) is 20.3 Å². The van der Waals surface area contributed by atoms with Gasteiger partial charge in [-0.1, -0.05) is 19.1 Å². The molecule has 104 valence electrons. The van der Waals surface area contributed by atoms with E-state index in [4.69, 9.17) is 4.74 Å². The number of carbonyl (C=O) groups is 1. The van der Waals surface area contributed by atoms with Gasteiger partial charge in [-0.3, -0.25) is 0 Å². The first-order valence-electron chi connectivity index (χ1n) is 6.43. The zero-order valence-corrected chi connectivity index (χ0v) is 11.3. The summed E-state index contributed by atoms with van der Waals surface area (Å²) in [5.74, 6) is 0.361. The molecule has 0 aliphatic carbocycles. The molecule has 5 heteroatoms. The molecule has 1 saturated heterocycles. The first-order valence-corrected chi connectivity index (χ1v) is 6.43. The van der Waals surface area contributed by atoms with E-state index in [2.05, 4.69) is 18.8 Å². The summed E-state index contributed by atoms with van der Waals surface area (Å²) in [6.45, 7) is 9.91. The van der Waals surface area contributed by atoms with Gasteiger partial charge < -0.3 is 20.1 Å². The van der Waals surface area contributed by atoms with Crippen LogP contribution in [0, 0.1) is 5.92 Å². The Hall–Kier alpha value is -1.07. The third kappa shape index (κ3) is 4.31. The number of nitrogens with zero attached hydrogens (tertiary/aromatic N) is 1. The van der Waals surface area contributed by atoms with Crippen molar-refractivity contribution in [1.82, 2.24) is 10.2 Å². The van der Waals surface area contributed by atoms with Gasteiger partial charge >= 0.3 is 6.03 Å². The Balaban J connectivity index is 2.22. The third-order valence-electron chi connectivity index (χ3n) is 3.20. The summed E-state index contributed by atoms with van der Waals surface area (Å²) in [6, 6.07) is -0.168. The number of amides is 2. The fourth-order valence-corrected chi connectivity index (χ4v) is 2.12. The van der Waals surface area contributed by atoms with Crippen LogP contribution in [0.25, 0.3) is 0 Å². The van der Waals surface area contributed by atoms with Crippen molar-refractivity contribution in [1.29, 1.82) is 0 Å². The average Bonchev–Trinajstić information content (AvgIpc) is 2.69. The van der Waals surface area contributed by atoms with Crippen molar-refractivity contribution >= 4 is 6.03 Å². The number of nitrogens with one attached hydrogen (secondary N) is 1. The molecule has 2 unspecified atom stereocenters. The number of carbonyl (C=O) groups excluding carboxylic acids is 1. The summed E-state index contributed by atoms with van der Waals surface area (Å²) in [5.41, 5.74) is 0.968. The summed E-state index contributed by atoms with van der Waals surface area (Å²) in [4.78, 5) is 13.6. The van der Waals surface area contributed by atoms with Crippen LogP contribution in [0.3, 0.4) is 0 Å². The van der Waals surface area contributed by atoms with Crippen molar-refractivity contribution in [3.63, 3.8) is 0 Å². The molecular weight excluding hydrogens is 232 g/mol. The molecule has 0 aromatic carbocycles. The van der Waals surface area contributed by atoms with E-state index < -0.39 is 0 Å². The van der Waals surface area contributed by atoms with E-state index in [1.54, 1.807) is 4.90 Å². The molecule has 0 spiro atoms. The number of ether oxygens (including phenoxy) is 1. The van der Waals surface area contributed by atoms with Crippen LogP contribution in [0.15, 0.2) is 12.2 Å². The molecule has 1 heterocycles. The second-order valence-corrected chi connectivity index (χ2v) is 4.95. The zero-order valence-electron chi connectivity index (χ0n) is 11.3. The van der Waals surface area contributed by atoms with Gasteiger partial charge in [-0.2, -0.15) is 0 Å². The molecule has 0 aromatic heterocycles. The van der Waals surface area contributed by atoms with E-state index in [1.165, 1.54) is 0 Å². The molecule has 0 saturated carbocycles. The number of urea groups is 1. The van der Waals surface area contributed by atoms with Gasteiger partial charge in [0.1, 0.15) is 0 Å². The van der Waals surface area contributed by atoms with Crippen LogP contribution >= 0.6 is 0 Å². The number of likely N-dealkylation sites (tertiary alicyclic amines) is 1. The van der Waals surface area contributed by atoms with Crippen molar-refractivity contribution in [2.45, 2.75) is 26.3 Å². The minimum atomic E-state index is -0.114. The van der Waals surface area contributed by atoms with Crippen molar-refractivity contribution in [3.05, 3.63) is 12.2 Å². The number of hydrogen-bond donors (Lipinski definition) is 2. The van der Waals surface area contributed by atoms with Crippen molar-refractivity contribution in [3.8, 4) is 0 Å². The van der Waals surface area contributed by atoms with Gasteiger partial charge in [0.15, 0.2) is 0 Å². The zero-order chi connectivity index (χ0) is 13.5. The Bertz CT molecular complexity index is 294. The summed E-state index contributed by atoms with van der Waals surface area (Å²) in [7, 11) is 0. The smallest absolute Gasteiger partial charge is 0.317 e. The lowest BCUT2D eigenvalue weighted by Gasteiger charge is -2.25. The van der Waals surface area contributed by atoms with Crippen LogP contribution in [0.4, 0.5) is 4.79 Å². The Morgan fingerprint density at radius 3 is 2.94 bits per heavy atom. The Morgan fingerprint density at radius 1 is 1.61 bits per heavy atom. The van der Waals surface area contributed by atoms with Gasteiger partial charge in [0, 0.05) is 13.1 Å². The minimum absolute atomic E-state index is 0.0285. The highest BCUT2D eigenvalue weighted by Gasteiger charge is 2.33. The predicted molar refractivity (Wildman–Crippen MR) is 70.4 cm³/mol. The molecule has 2 N–H and O–H groups in total. The molecule has 0 radical (unpaired) electrons. The van der Waals surface area contributed by atoms with E-state index in [0.29, 0.717) is 32.2 Å². The topological polar surface area (TPSA) is 61.8 Å². The van der Waals surface area contributed by atoms with E-state index >= 15 is 0 Å². The quantitative estimate of drug-likeness (QED) is 0.550. The largest absolute Gasteiger partial charge is 0.394 e. The maximum atomic E-state index is 11.9. The van der Waals surface area contributed by atoms with E-state index in [0.717, 1.165) is 12.0 Å². The number of aliphatic hydroxyl groups is 1. The normalized spacial score (nSPS) is 23.2. The lowest BCUT2D eigenvalue weighted by molar-refractivity contribution is 0.134. The molecule has 1 rings (SSSR count). The fraction of sp³-hybridized carbons (Fsp3) is 0.769. The highest BCUT2D eigenvalue weighted by atomic mass is 16.5. The Morgan fingerprint density at radius 2 is 2.33 bits per heavy atom. The minimum Gasteiger partial charge on any atom is -0.394 e. The molecule has 5 nitrogen and oxygen atoms in total. The van der Waals surface area contributed by atoms with Crippen molar-refractivity contribution < 1.29 is 14.6 Å². The molecule has 1 aliphatic rings. The number of hydrogen-bond acceptors (Lipinski definition) is 3. The monoisotopic (exact) mass is 256 g/mol. The van der Waals surface area contributed by atoms with Crippen LogP contribution in [0.5, 0.6) is 0 Å². The lowest BCUT2D eigenvalue weighted by atomic mass is 10.0. The van der Waals surface area contributed by atoms with E-state index in [1.807, 2.05) is 6.92 Å². The third-order valence-corrected chi connectivity index (χ3v) is 3.20. The number of rotatable bonds is 6. The molecular formula is C13H24N2O3. The summed E-state index contributed by atoms with van der Waals surface area (Å²) in [6.07, 6.45) is 0.949. The van der Waals surface area contributed by atoms with Gasteiger partial charge in [-0.25, -0.2) is 4.79 Å². The first-order chi connectivity index (χ1) is 8.56. The van der Waals surface area contributed by atoms with Gasteiger partial charge in [0.2, 0.25) is 0 Å². The van der Waals surface area contributed by atoms with Gasteiger partial charge in [-0.05, 0) is 19.3 Å². The van der Waals surface area contributed by atoms with Crippen LogP contribution < -0.4 is 5.32 Å². The first kappa shape index (κ1) is 15.0. The highest BCUT2D eigenvalue weighted by molar-refractivity contribution is 5.74. The molecule has 18 heavy (non-hydrogen) atoms. The molecule has 0 bridgehead atoms. The second-order valence-electron chi connectivity index (χ2n) is 4.95. The summed E-state index contributed by atoms with van der Waals surface area (Å²) >= 11 is 0. The van der Waals surface area contributed by atoms with Crippen molar-refractivity contribution in [2.75, 3.05) is 32.9 Å². The van der Waals surface area contributed by atoms with Gasteiger partial charge in [0.05, 0.1) is 25.9 Å².